The normalized spacial score (nSPS) is 27.0. The van der Waals surface area contributed by atoms with Gasteiger partial charge in [-0.05, 0) is 74.2 Å². The van der Waals surface area contributed by atoms with E-state index in [-0.39, 0.29) is 67.6 Å². The van der Waals surface area contributed by atoms with Crippen LogP contribution in [0.15, 0.2) is 102 Å². The smallest absolute Gasteiger partial charge is 0.408 e. The van der Waals surface area contributed by atoms with Gasteiger partial charge in [-0.1, -0.05) is 80.6 Å². The van der Waals surface area contributed by atoms with Crippen molar-refractivity contribution in [2.75, 3.05) is 66.0 Å². The molecule has 22 nitrogen and oxygen atoms in total. The summed E-state index contributed by atoms with van der Waals surface area (Å²) in [6.07, 6.45) is -11.1. The van der Waals surface area contributed by atoms with Crippen molar-refractivity contribution in [1.29, 1.82) is 0 Å². The van der Waals surface area contributed by atoms with Gasteiger partial charge in [-0.15, -0.1) is 0 Å². The van der Waals surface area contributed by atoms with E-state index in [1.807, 2.05) is 0 Å². The quantitative estimate of drug-likeness (QED) is 0.0199. The Kier molecular flexibility index (Phi) is 21.0. The zero-order chi connectivity index (χ0) is 58.5. The number of Topliss-reactive ketones (excluding diaryl/α,β-unsaturated/α-hetero) is 1. The molecule has 81 heavy (non-hydrogen) atoms. The molecule has 2 saturated carbocycles. The van der Waals surface area contributed by atoms with Crippen LogP contribution < -0.4 is 21.3 Å². The molecule has 1 saturated heterocycles. The summed E-state index contributed by atoms with van der Waals surface area (Å²) in [5.41, 5.74) is -7.54. The summed E-state index contributed by atoms with van der Waals surface area (Å²) in [6, 6.07) is 22.8. The Morgan fingerprint density at radius 1 is 0.753 bits per heavy atom. The van der Waals surface area contributed by atoms with Crippen LogP contribution in [0.1, 0.15) is 99.5 Å². The van der Waals surface area contributed by atoms with Crippen molar-refractivity contribution in [2.45, 2.75) is 121 Å². The number of carbonyl (C=O) groups is 7. The fourth-order valence-electron chi connectivity index (χ4n) is 11.6. The highest BCUT2D eigenvalue weighted by molar-refractivity contribution is 5.96. The van der Waals surface area contributed by atoms with Gasteiger partial charge in [-0.2, -0.15) is 0 Å². The third-order valence-electron chi connectivity index (χ3n) is 16.0. The first-order valence-corrected chi connectivity index (χ1v) is 27.3. The molecule has 3 aliphatic carbocycles. The van der Waals surface area contributed by atoms with Gasteiger partial charge in [0.05, 0.1) is 68.7 Å². The van der Waals surface area contributed by atoms with Crippen LogP contribution in [0.25, 0.3) is 0 Å². The van der Waals surface area contributed by atoms with Crippen molar-refractivity contribution < 1.29 is 86.8 Å². The fraction of sp³-hybridized carbons (Fsp3) is 0.542. The van der Waals surface area contributed by atoms with E-state index in [0.29, 0.717) is 45.0 Å². The monoisotopic (exact) mass is 1130 g/mol. The van der Waals surface area contributed by atoms with Crippen LogP contribution in [0.4, 0.5) is 4.79 Å². The maximum Gasteiger partial charge on any atom is 0.408 e. The minimum atomic E-state index is -2.47. The average molecular weight is 1130 g/mol. The SMILES string of the molecule is CC(=O)NCNCCCOCCOCCOCCCNC(=O)O[C@H]1C(=O)C2(C)[C@@H](O)CC3OC[C@@]3(OC(C)=O)[C@H]2[C@H](OC(=O)c2ccccc2)[C@]2(O)C[C@H](OC(=O)[C@H](O)[C@@H](NC(=O)c3ccccc3)c3ccccc3)C(C)=C1C2(C)C. The Morgan fingerprint density at radius 3 is 1.91 bits per heavy atom. The molecule has 7 N–H and O–H groups in total. The third kappa shape index (κ3) is 13.8. The lowest BCUT2D eigenvalue weighted by Gasteiger charge is -2.67. The molecule has 2 bridgehead atoms. The Bertz CT molecular complexity index is 2710. The van der Waals surface area contributed by atoms with Crippen molar-refractivity contribution in [1.82, 2.24) is 21.3 Å². The number of ketones is 1. The highest BCUT2D eigenvalue weighted by Crippen LogP contribution is 2.64. The van der Waals surface area contributed by atoms with Gasteiger partial charge >= 0.3 is 24.0 Å². The van der Waals surface area contributed by atoms with Crippen LogP contribution in [0.3, 0.4) is 0 Å². The molecule has 440 valence electrons. The van der Waals surface area contributed by atoms with Crippen LogP contribution in [-0.2, 0) is 57.1 Å². The number of esters is 3. The van der Waals surface area contributed by atoms with Crippen LogP contribution in [-0.4, -0.2) is 171 Å². The summed E-state index contributed by atoms with van der Waals surface area (Å²) in [5.74, 6) is -6.30. The van der Waals surface area contributed by atoms with Crippen LogP contribution in [0.5, 0.6) is 0 Å². The number of hydrogen-bond donors (Lipinski definition) is 7. The lowest BCUT2D eigenvalue weighted by Crippen LogP contribution is -2.82. The molecule has 2 unspecified atom stereocenters. The van der Waals surface area contributed by atoms with Gasteiger partial charge < -0.3 is 69.2 Å². The fourth-order valence-corrected chi connectivity index (χ4v) is 11.6. The van der Waals surface area contributed by atoms with E-state index in [9.17, 15) is 44.1 Å². The Hall–Kier alpha value is -6.63. The van der Waals surface area contributed by atoms with E-state index in [1.54, 1.807) is 92.7 Å². The van der Waals surface area contributed by atoms with Gasteiger partial charge in [-0.25, -0.2) is 14.4 Å². The number of hydrogen-bond acceptors (Lipinski definition) is 19. The number of amides is 3. The minimum Gasteiger partial charge on any atom is -0.456 e. The first kappa shape index (κ1) is 62.0. The predicted octanol–water partition coefficient (Wildman–Crippen LogP) is 3.41. The van der Waals surface area contributed by atoms with Crippen LogP contribution in [0.2, 0.25) is 0 Å². The number of aliphatic hydroxyl groups excluding tert-OH is 2. The molecule has 3 aromatic carbocycles. The second-order valence-corrected chi connectivity index (χ2v) is 21.5. The first-order valence-electron chi connectivity index (χ1n) is 27.3. The summed E-state index contributed by atoms with van der Waals surface area (Å²) >= 11 is 0. The maximum absolute atomic E-state index is 16.0. The van der Waals surface area contributed by atoms with E-state index in [0.717, 1.165) is 13.3 Å². The van der Waals surface area contributed by atoms with E-state index in [2.05, 4.69) is 21.3 Å². The van der Waals surface area contributed by atoms with Crippen molar-refractivity contribution >= 4 is 41.6 Å². The van der Waals surface area contributed by atoms with Gasteiger partial charge in [0.1, 0.15) is 23.9 Å². The number of benzene rings is 3. The van der Waals surface area contributed by atoms with E-state index >= 15 is 4.79 Å². The topological polar surface area (TPSA) is 302 Å². The third-order valence-corrected chi connectivity index (χ3v) is 16.0. The summed E-state index contributed by atoms with van der Waals surface area (Å²) < 4.78 is 47.8. The van der Waals surface area contributed by atoms with Crippen molar-refractivity contribution in [3.8, 4) is 0 Å². The number of alkyl carbamates (subject to hydrolysis) is 1. The van der Waals surface area contributed by atoms with Gasteiger partial charge in [0, 0.05) is 57.4 Å². The molecule has 22 heteroatoms. The van der Waals surface area contributed by atoms with Crippen molar-refractivity contribution in [2.24, 2.45) is 16.7 Å². The van der Waals surface area contributed by atoms with Gasteiger partial charge in [0.2, 0.25) is 5.91 Å². The highest BCUT2D eigenvalue weighted by atomic mass is 16.6. The summed E-state index contributed by atoms with van der Waals surface area (Å²) in [4.78, 5) is 97.1. The Balaban J connectivity index is 1.17. The molecule has 0 radical (unpaired) electrons. The summed E-state index contributed by atoms with van der Waals surface area (Å²) in [6.45, 7) is 11.3. The summed E-state index contributed by atoms with van der Waals surface area (Å²) in [7, 11) is 0. The number of aliphatic hydroxyl groups is 3. The second-order valence-electron chi connectivity index (χ2n) is 21.5. The second kappa shape index (κ2) is 27.4. The molecule has 1 aliphatic heterocycles. The molecular weight excluding hydrogens is 1050 g/mol. The van der Waals surface area contributed by atoms with Gasteiger partial charge in [-0.3, -0.25) is 24.5 Å². The molecule has 3 aromatic rings. The van der Waals surface area contributed by atoms with Crippen molar-refractivity contribution in [3.05, 3.63) is 119 Å². The number of ether oxygens (including phenoxy) is 8. The Labute approximate surface area is 470 Å². The largest absolute Gasteiger partial charge is 0.456 e. The molecule has 11 atom stereocenters. The minimum absolute atomic E-state index is 0.00953. The number of fused-ring (bicyclic) bond motifs is 5. The number of rotatable bonds is 26. The lowest BCUT2D eigenvalue weighted by atomic mass is 9.44. The average Bonchev–Trinajstić information content (AvgIpc) is 1.03. The van der Waals surface area contributed by atoms with E-state index in [1.165, 1.54) is 32.9 Å². The highest BCUT2D eigenvalue weighted by Gasteiger charge is 2.78. The standard InChI is InChI=1S/C59H76N4O18/c1-36-42(78-54(71)47(67)46(39-18-10-7-11-19-39)63-52(69)40-20-12-8-13-21-40)33-59(73)51(80-53(70)41-22-14-9-15-23-41)49-57(6,43(66)32-44-58(49,34-77-44)81-38(3)65)50(68)48(45(36)56(59,4)5)79-55(72)61-25-17-27-75-29-31-76-30-28-74-26-16-24-60-35-62-37(2)64/h7-15,18-23,42-44,46-49,51,60,66-67,73H,16-17,24-35H2,1-6H3,(H,61,72)(H,62,64)(H,63,69)/t42-,43-,44?,46-,47+,48+,49-,51-,57?,58-,59+/m0/s1. The molecule has 7 rings (SSSR count). The van der Waals surface area contributed by atoms with Crippen LogP contribution >= 0.6 is 0 Å². The number of nitrogens with one attached hydrogen (secondary N) is 4. The zero-order valence-electron chi connectivity index (χ0n) is 46.6. The predicted molar refractivity (Wildman–Crippen MR) is 289 cm³/mol. The number of carbonyl (C=O) groups excluding carboxylic acids is 7. The molecule has 0 spiro atoms. The molecule has 0 aromatic heterocycles. The maximum atomic E-state index is 16.0. The van der Waals surface area contributed by atoms with Crippen molar-refractivity contribution in [3.63, 3.8) is 0 Å². The molecule has 4 aliphatic rings. The Morgan fingerprint density at radius 2 is 1.33 bits per heavy atom. The van der Waals surface area contributed by atoms with Crippen LogP contribution in [0, 0.1) is 16.7 Å². The van der Waals surface area contributed by atoms with Gasteiger partial charge in [0.25, 0.3) is 5.91 Å². The molecule has 3 amide bonds. The molecule has 3 fully saturated rings. The lowest BCUT2D eigenvalue weighted by molar-refractivity contribution is -0.345. The van der Waals surface area contributed by atoms with E-state index in [4.69, 9.17) is 37.9 Å². The molecule has 1 heterocycles. The first-order chi connectivity index (χ1) is 38.7. The van der Waals surface area contributed by atoms with E-state index < -0.39 is 113 Å². The summed E-state index contributed by atoms with van der Waals surface area (Å²) in [5, 5.41) is 49.5. The molecular formula is C59H76N4O18. The van der Waals surface area contributed by atoms with Gasteiger partial charge in [0.15, 0.2) is 23.6 Å². The zero-order valence-corrected chi connectivity index (χ0v) is 46.6.